The molecule has 0 amide bonds. The lowest BCUT2D eigenvalue weighted by atomic mass is 10.0. The summed E-state index contributed by atoms with van der Waals surface area (Å²) >= 11 is 6.52. The van der Waals surface area contributed by atoms with E-state index in [1.165, 1.54) is 0 Å². The summed E-state index contributed by atoms with van der Waals surface area (Å²) in [5.41, 5.74) is 6.87. The maximum Gasteiger partial charge on any atom is 0.319 e. The van der Waals surface area contributed by atoms with Crippen LogP contribution in [0.1, 0.15) is 19.8 Å². The maximum atomic E-state index is 16.2. The summed E-state index contributed by atoms with van der Waals surface area (Å²) in [5.74, 6) is 0.115. The predicted octanol–water partition coefficient (Wildman–Crippen LogP) is 4.30. The van der Waals surface area contributed by atoms with Gasteiger partial charge in [-0.25, -0.2) is 4.39 Å². The largest absolute Gasteiger partial charge is 0.462 e. The van der Waals surface area contributed by atoms with Crippen LogP contribution in [0.15, 0.2) is 42.6 Å². The van der Waals surface area contributed by atoms with Gasteiger partial charge in [0, 0.05) is 53.4 Å². The number of benzene rings is 2. The second kappa shape index (κ2) is 8.86. The quantitative estimate of drug-likeness (QED) is 0.429. The average Bonchev–Trinajstić information content (AvgIpc) is 3.20. The van der Waals surface area contributed by atoms with Crippen LogP contribution in [0.5, 0.6) is 6.01 Å². The van der Waals surface area contributed by atoms with E-state index in [-0.39, 0.29) is 29.9 Å². The smallest absolute Gasteiger partial charge is 0.319 e. The molecule has 0 saturated carbocycles. The third kappa shape index (κ3) is 4.05. The number of hydrogen-bond donors (Lipinski definition) is 2. The molecular formula is C26H26ClFN6O. The van der Waals surface area contributed by atoms with E-state index in [2.05, 4.69) is 25.2 Å². The Balaban J connectivity index is 1.53. The van der Waals surface area contributed by atoms with E-state index >= 15 is 4.39 Å². The fourth-order valence-corrected chi connectivity index (χ4v) is 5.47. The Kier molecular flexibility index (Phi) is 5.67. The molecule has 2 aliphatic rings. The molecule has 4 aromatic rings. The minimum Gasteiger partial charge on any atom is -0.462 e. The van der Waals surface area contributed by atoms with E-state index in [1.807, 2.05) is 37.3 Å². The Morgan fingerprint density at radius 1 is 1.17 bits per heavy atom. The molecule has 180 valence electrons. The minimum atomic E-state index is -0.526. The summed E-state index contributed by atoms with van der Waals surface area (Å²) in [6, 6.07) is 12.0. The van der Waals surface area contributed by atoms with Gasteiger partial charge in [-0.3, -0.25) is 4.98 Å². The average molecular weight is 493 g/mol. The number of piperazine rings is 1. The highest BCUT2D eigenvalue weighted by atomic mass is 35.5. The van der Waals surface area contributed by atoms with Crippen molar-refractivity contribution in [3.05, 3.63) is 53.4 Å². The van der Waals surface area contributed by atoms with Gasteiger partial charge in [0.15, 0.2) is 5.82 Å². The molecule has 2 aromatic heterocycles. The van der Waals surface area contributed by atoms with Gasteiger partial charge in [0.1, 0.15) is 23.6 Å². The number of anilines is 1. The zero-order chi connectivity index (χ0) is 24.1. The van der Waals surface area contributed by atoms with Crippen molar-refractivity contribution in [1.29, 1.82) is 0 Å². The predicted molar refractivity (Wildman–Crippen MR) is 137 cm³/mol. The fraction of sp³-hybridized carbons (Fsp3) is 0.346. The van der Waals surface area contributed by atoms with Gasteiger partial charge in [-0.1, -0.05) is 41.9 Å². The van der Waals surface area contributed by atoms with Crippen LogP contribution in [0.4, 0.5) is 10.2 Å². The summed E-state index contributed by atoms with van der Waals surface area (Å²) in [6.07, 6.45) is 3.91. The Labute approximate surface area is 207 Å². The van der Waals surface area contributed by atoms with Gasteiger partial charge in [0.05, 0.1) is 5.39 Å². The number of fused-ring (bicyclic) bond motifs is 4. The molecule has 4 heterocycles. The Morgan fingerprint density at radius 2 is 1.91 bits per heavy atom. The standard InChI is InChI=1S/C26H26ClFN6O/c1-14(29)13-35-26-32-24-19(25(33-26)34-11-16-8-9-17(12-34)31-16)10-30-23(22(24)28)18-6-2-4-15-5-3-7-20(27)21(15)18/h2-7,10,14,16-17,31H,8-9,11-13,29H2,1H3/t14-,16?,17?/m0/s1. The van der Waals surface area contributed by atoms with Crippen molar-refractivity contribution in [3.8, 4) is 17.3 Å². The number of nitrogens with two attached hydrogens (primary N) is 1. The van der Waals surface area contributed by atoms with Crippen LogP contribution in [-0.4, -0.2) is 52.8 Å². The first-order valence-electron chi connectivity index (χ1n) is 11.9. The van der Waals surface area contributed by atoms with Crippen LogP contribution in [0.3, 0.4) is 0 Å². The lowest BCUT2D eigenvalue weighted by molar-refractivity contribution is 0.274. The number of halogens is 2. The summed E-state index contributed by atoms with van der Waals surface area (Å²) < 4.78 is 22.0. The molecule has 3 atom stereocenters. The Bertz CT molecular complexity index is 1410. The maximum absolute atomic E-state index is 16.2. The number of pyridine rings is 1. The van der Waals surface area contributed by atoms with Gasteiger partial charge >= 0.3 is 6.01 Å². The first-order chi connectivity index (χ1) is 17.0. The minimum absolute atomic E-state index is 0.114. The van der Waals surface area contributed by atoms with Crippen molar-refractivity contribution >= 4 is 39.1 Å². The number of aromatic nitrogens is 3. The molecule has 0 aliphatic carbocycles. The zero-order valence-electron chi connectivity index (χ0n) is 19.3. The fourth-order valence-electron chi connectivity index (χ4n) is 5.18. The summed E-state index contributed by atoms with van der Waals surface area (Å²) in [7, 11) is 0. The molecule has 2 saturated heterocycles. The molecule has 6 rings (SSSR count). The molecule has 2 fully saturated rings. The molecule has 0 radical (unpaired) electrons. The van der Waals surface area contributed by atoms with Crippen molar-refractivity contribution < 1.29 is 9.13 Å². The molecule has 0 spiro atoms. The van der Waals surface area contributed by atoms with Gasteiger partial charge in [-0.2, -0.15) is 9.97 Å². The van der Waals surface area contributed by atoms with Crippen LogP contribution in [0, 0.1) is 5.82 Å². The Morgan fingerprint density at radius 3 is 2.66 bits per heavy atom. The monoisotopic (exact) mass is 492 g/mol. The summed E-state index contributed by atoms with van der Waals surface area (Å²) in [5, 5.41) is 6.39. The number of ether oxygens (including phenoxy) is 1. The lowest BCUT2D eigenvalue weighted by Crippen LogP contribution is -2.51. The van der Waals surface area contributed by atoms with Crippen molar-refractivity contribution in [2.75, 3.05) is 24.6 Å². The van der Waals surface area contributed by atoms with Crippen LogP contribution in [-0.2, 0) is 0 Å². The van der Waals surface area contributed by atoms with Crippen molar-refractivity contribution in [2.45, 2.75) is 37.9 Å². The van der Waals surface area contributed by atoms with E-state index in [1.54, 1.807) is 12.3 Å². The highest BCUT2D eigenvalue weighted by molar-refractivity contribution is 6.36. The molecule has 2 bridgehead atoms. The highest BCUT2D eigenvalue weighted by Crippen LogP contribution is 2.38. The number of nitrogens with one attached hydrogen (secondary N) is 1. The van der Waals surface area contributed by atoms with E-state index in [4.69, 9.17) is 22.1 Å². The second-order valence-corrected chi connectivity index (χ2v) is 9.89. The topological polar surface area (TPSA) is 89.2 Å². The molecular weight excluding hydrogens is 467 g/mol. The second-order valence-electron chi connectivity index (χ2n) is 9.49. The van der Waals surface area contributed by atoms with Gasteiger partial charge in [-0.15, -0.1) is 0 Å². The molecule has 3 N–H and O–H groups in total. The first-order valence-corrected chi connectivity index (χ1v) is 12.3. The van der Waals surface area contributed by atoms with Gasteiger partial charge < -0.3 is 20.7 Å². The van der Waals surface area contributed by atoms with Crippen LogP contribution in [0.25, 0.3) is 32.9 Å². The third-order valence-corrected chi connectivity index (χ3v) is 7.06. The molecule has 7 nitrogen and oxygen atoms in total. The summed E-state index contributed by atoms with van der Waals surface area (Å²) in [4.78, 5) is 15.9. The van der Waals surface area contributed by atoms with Gasteiger partial charge in [0.25, 0.3) is 0 Å². The highest BCUT2D eigenvalue weighted by Gasteiger charge is 2.34. The molecule has 9 heteroatoms. The van der Waals surface area contributed by atoms with Crippen molar-refractivity contribution in [1.82, 2.24) is 20.3 Å². The van der Waals surface area contributed by atoms with Gasteiger partial charge in [0.2, 0.25) is 0 Å². The molecule has 2 aromatic carbocycles. The first kappa shape index (κ1) is 22.4. The van der Waals surface area contributed by atoms with E-state index < -0.39 is 5.82 Å². The number of nitrogens with zero attached hydrogens (tertiary/aromatic N) is 4. The van der Waals surface area contributed by atoms with E-state index in [0.29, 0.717) is 33.9 Å². The van der Waals surface area contributed by atoms with Crippen LogP contribution in [0.2, 0.25) is 5.02 Å². The SMILES string of the molecule is C[C@H](N)COc1nc(N2CC3CCC(C2)N3)c2cnc(-c3cccc4cccc(Cl)c34)c(F)c2n1. The van der Waals surface area contributed by atoms with Crippen LogP contribution >= 0.6 is 11.6 Å². The molecule has 35 heavy (non-hydrogen) atoms. The normalized spacial score (nSPS) is 20.5. The zero-order valence-corrected chi connectivity index (χ0v) is 20.1. The Hall–Kier alpha value is -3.07. The number of hydrogen-bond acceptors (Lipinski definition) is 7. The van der Waals surface area contributed by atoms with Crippen molar-refractivity contribution in [2.24, 2.45) is 5.73 Å². The van der Waals surface area contributed by atoms with E-state index in [0.717, 1.165) is 36.7 Å². The van der Waals surface area contributed by atoms with Crippen LogP contribution < -0.4 is 20.7 Å². The van der Waals surface area contributed by atoms with Gasteiger partial charge in [-0.05, 0) is 31.2 Å². The lowest BCUT2D eigenvalue weighted by Gasteiger charge is -2.34. The number of rotatable bonds is 5. The third-order valence-electron chi connectivity index (χ3n) is 6.74. The summed E-state index contributed by atoms with van der Waals surface area (Å²) in [6.45, 7) is 3.65. The molecule has 2 aliphatic heterocycles. The van der Waals surface area contributed by atoms with Crippen molar-refractivity contribution in [3.63, 3.8) is 0 Å². The molecule has 2 unspecified atom stereocenters. The van der Waals surface area contributed by atoms with E-state index in [9.17, 15) is 0 Å².